The molecule has 0 amide bonds. The van der Waals surface area contributed by atoms with Crippen molar-refractivity contribution < 1.29 is 0 Å². The Bertz CT molecular complexity index is 449. The first-order valence-electron chi connectivity index (χ1n) is 8.50. The number of anilines is 1. The summed E-state index contributed by atoms with van der Waals surface area (Å²) in [4.78, 5) is 8.93. The van der Waals surface area contributed by atoms with Crippen molar-refractivity contribution in [1.29, 1.82) is 0 Å². The van der Waals surface area contributed by atoms with Crippen LogP contribution in [-0.4, -0.2) is 24.6 Å². The van der Waals surface area contributed by atoms with E-state index >= 15 is 0 Å². The molecular formula is C17H31N3S. The van der Waals surface area contributed by atoms with Gasteiger partial charge in [0.1, 0.15) is 0 Å². The molecule has 3 nitrogen and oxygen atoms in total. The van der Waals surface area contributed by atoms with Crippen molar-refractivity contribution in [2.75, 3.05) is 24.5 Å². The topological polar surface area (TPSA) is 28.2 Å². The predicted octanol–water partition coefficient (Wildman–Crippen LogP) is 4.39. The van der Waals surface area contributed by atoms with Crippen LogP contribution in [0.3, 0.4) is 0 Å². The molecule has 0 unspecified atom stereocenters. The van der Waals surface area contributed by atoms with Crippen molar-refractivity contribution in [2.24, 2.45) is 5.41 Å². The minimum absolute atomic E-state index is 0.508. The van der Waals surface area contributed by atoms with Crippen LogP contribution in [0, 0.1) is 5.41 Å². The molecule has 21 heavy (non-hydrogen) atoms. The molecule has 2 heterocycles. The van der Waals surface area contributed by atoms with Gasteiger partial charge in [-0.1, -0.05) is 34.6 Å². The third-order valence-corrected chi connectivity index (χ3v) is 6.14. The zero-order valence-electron chi connectivity index (χ0n) is 14.3. The molecule has 0 saturated carbocycles. The highest BCUT2D eigenvalue weighted by molar-refractivity contribution is 7.15. The normalized spacial score (nSPS) is 17.9. The Balaban J connectivity index is 2.17. The van der Waals surface area contributed by atoms with E-state index in [1.54, 1.807) is 0 Å². The van der Waals surface area contributed by atoms with Crippen LogP contribution in [0.2, 0.25) is 0 Å². The van der Waals surface area contributed by atoms with Gasteiger partial charge in [0.05, 0.1) is 5.69 Å². The second-order valence-corrected chi connectivity index (χ2v) is 7.68. The molecule has 120 valence electrons. The van der Waals surface area contributed by atoms with Gasteiger partial charge in [0, 0.05) is 24.5 Å². The minimum Gasteiger partial charge on any atom is -0.348 e. The van der Waals surface area contributed by atoms with Crippen LogP contribution in [0.1, 0.15) is 70.4 Å². The average Bonchev–Trinajstić information content (AvgIpc) is 3.09. The van der Waals surface area contributed by atoms with Crippen LogP contribution in [0.5, 0.6) is 0 Å². The molecule has 0 bridgehead atoms. The van der Waals surface area contributed by atoms with Crippen molar-refractivity contribution in [1.82, 2.24) is 10.3 Å². The molecule has 1 aliphatic rings. The first-order chi connectivity index (χ1) is 10.0. The Morgan fingerprint density at radius 1 is 1.29 bits per heavy atom. The highest BCUT2D eigenvalue weighted by atomic mass is 32.1. The van der Waals surface area contributed by atoms with Gasteiger partial charge in [0.15, 0.2) is 5.13 Å². The Kier molecular flexibility index (Phi) is 5.67. The van der Waals surface area contributed by atoms with Crippen molar-refractivity contribution >= 4 is 16.5 Å². The van der Waals surface area contributed by atoms with Crippen LogP contribution in [0.4, 0.5) is 5.13 Å². The summed E-state index contributed by atoms with van der Waals surface area (Å²) < 4.78 is 0. The summed E-state index contributed by atoms with van der Waals surface area (Å²) in [6, 6.07) is 0. The summed E-state index contributed by atoms with van der Waals surface area (Å²) in [5.74, 6) is 0.508. The van der Waals surface area contributed by atoms with Gasteiger partial charge in [-0.05, 0) is 37.1 Å². The van der Waals surface area contributed by atoms with E-state index in [-0.39, 0.29) is 0 Å². The molecule has 1 fully saturated rings. The van der Waals surface area contributed by atoms with Gasteiger partial charge >= 0.3 is 0 Å². The maximum atomic E-state index is 4.98. The smallest absolute Gasteiger partial charge is 0.185 e. The van der Waals surface area contributed by atoms with Gasteiger partial charge in [0.25, 0.3) is 0 Å². The molecule has 1 saturated heterocycles. The lowest BCUT2D eigenvalue weighted by atomic mass is 9.82. The fourth-order valence-electron chi connectivity index (χ4n) is 3.23. The van der Waals surface area contributed by atoms with Gasteiger partial charge in [-0.2, -0.15) is 0 Å². The lowest BCUT2D eigenvalue weighted by Gasteiger charge is -2.26. The maximum Gasteiger partial charge on any atom is 0.185 e. The predicted molar refractivity (Wildman–Crippen MR) is 93.4 cm³/mol. The minimum atomic E-state index is 0.508. The third-order valence-electron chi connectivity index (χ3n) is 5.01. The maximum absolute atomic E-state index is 4.98. The van der Waals surface area contributed by atoms with E-state index in [1.165, 1.54) is 48.1 Å². The molecule has 4 heteroatoms. The van der Waals surface area contributed by atoms with Crippen molar-refractivity contribution in [3.8, 4) is 0 Å². The summed E-state index contributed by atoms with van der Waals surface area (Å²) >= 11 is 1.90. The second kappa shape index (κ2) is 7.10. The largest absolute Gasteiger partial charge is 0.348 e. The summed E-state index contributed by atoms with van der Waals surface area (Å²) in [7, 11) is 0. The lowest BCUT2D eigenvalue weighted by Crippen LogP contribution is -2.26. The standard InChI is InChI=1S/C17H31N3S/c1-6-17(7-2)9-10-20(12-17)16-19-15(13(4)5)14(21-16)11-18-8-3/h13,18H,6-12H2,1-5H3. The third kappa shape index (κ3) is 3.59. The van der Waals surface area contributed by atoms with E-state index in [0.29, 0.717) is 11.3 Å². The number of thiazole rings is 1. The van der Waals surface area contributed by atoms with Crippen LogP contribution in [0.15, 0.2) is 0 Å². The molecule has 0 spiro atoms. The first kappa shape index (κ1) is 16.8. The van der Waals surface area contributed by atoms with Crippen molar-refractivity contribution in [3.05, 3.63) is 10.6 Å². The Morgan fingerprint density at radius 3 is 2.52 bits per heavy atom. The Hall–Kier alpha value is -0.610. The summed E-state index contributed by atoms with van der Waals surface area (Å²) in [6.45, 7) is 15.7. The first-order valence-corrected chi connectivity index (χ1v) is 9.32. The zero-order valence-corrected chi connectivity index (χ0v) is 15.1. The van der Waals surface area contributed by atoms with E-state index in [1.807, 2.05) is 11.3 Å². The summed E-state index contributed by atoms with van der Waals surface area (Å²) in [6.07, 6.45) is 3.89. The van der Waals surface area contributed by atoms with E-state index < -0.39 is 0 Å². The molecule has 1 aromatic heterocycles. The number of nitrogens with one attached hydrogen (secondary N) is 1. The zero-order chi connectivity index (χ0) is 15.5. The fourth-order valence-corrected chi connectivity index (χ4v) is 4.44. The van der Waals surface area contributed by atoms with Crippen LogP contribution >= 0.6 is 11.3 Å². The Morgan fingerprint density at radius 2 is 2.00 bits per heavy atom. The van der Waals surface area contributed by atoms with Crippen molar-refractivity contribution in [2.45, 2.75) is 66.3 Å². The number of hydrogen-bond acceptors (Lipinski definition) is 4. The molecule has 1 N–H and O–H groups in total. The van der Waals surface area contributed by atoms with Gasteiger partial charge < -0.3 is 10.2 Å². The van der Waals surface area contributed by atoms with Crippen LogP contribution in [-0.2, 0) is 6.54 Å². The monoisotopic (exact) mass is 309 g/mol. The molecule has 0 atom stereocenters. The molecule has 2 rings (SSSR count). The summed E-state index contributed by atoms with van der Waals surface area (Å²) in [5, 5.41) is 4.70. The van der Waals surface area contributed by atoms with Crippen molar-refractivity contribution in [3.63, 3.8) is 0 Å². The summed E-state index contributed by atoms with van der Waals surface area (Å²) in [5.41, 5.74) is 1.81. The van der Waals surface area contributed by atoms with E-state index in [0.717, 1.165) is 13.1 Å². The fraction of sp³-hybridized carbons (Fsp3) is 0.824. The number of aromatic nitrogens is 1. The van der Waals surface area contributed by atoms with Gasteiger partial charge in [-0.15, -0.1) is 11.3 Å². The van der Waals surface area contributed by atoms with E-state index in [2.05, 4.69) is 44.8 Å². The van der Waals surface area contributed by atoms with Gasteiger partial charge in [-0.25, -0.2) is 4.98 Å². The van der Waals surface area contributed by atoms with Gasteiger partial charge in [0.2, 0.25) is 0 Å². The molecule has 1 aliphatic heterocycles. The molecule has 0 aliphatic carbocycles. The second-order valence-electron chi connectivity index (χ2n) is 6.62. The quantitative estimate of drug-likeness (QED) is 0.809. The highest BCUT2D eigenvalue weighted by Gasteiger charge is 2.36. The SMILES string of the molecule is CCNCc1sc(N2CCC(CC)(CC)C2)nc1C(C)C. The highest BCUT2D eigenvalue weighted by Crippen LogP contribution is 2.41. The molecule has 0 radical (unpaired) electrons. The number of hydrogen-bond donors (Lipinski definition) is 1. The van der Waals surface area contributed by atoms with Crippen LogP contribution < -0.4 is 10.2 Å². The molecule has 1 aromatic rings. The molecule has 0 aromatic carbocycles. The Labute approximate surface area is 134 Å². The molecular weight excluding hydrogens is 278 g/mol. The average molecular weight is 310 g/mol. The van der Waals surface area contributed by atoms with E-state index in [4.69, 9.17) is 4.98 Å². The van der Waals surface area contributed by atoms with E-state index in [9.17, 15) is 0 Å². The number of nitrogens with zero attached hydrogens (tertiary/aromatic N) is 2. The number of rotatable bonds is 7. The van der Waals surface area contributed by atoms with Crippen LogP contribution in [0.25, 0.3) is 0 Å². The lowest BCUT2D eigenvalue weighted by molar-refractivity contribution is 0.301. The van der Waals surface area contributed by atoms with Gasteiger partial charge in [-0.3, -0.25) is 0 Å².